The summed E-state index contributed by atoms with van der Waals surface area (Å²) in [5.74, 6) is 0.873. The number of likely N-dealkylation sites (N-methyl/N-ethyl adjacent to an activating group) is 1. The van der Waals surface area contributed by atoms with Crippen molar-refractivity contribution >= 4 is 11.6 Å². The second-order valence-corrected chi connectivity index (χ2v) is 5.32. The van der Waals surface area contributed by atoms with E-state index in [1.165, 1.54) is 11.1 Å². The van der Waals surface area contributed by atoms with Gasteiger partial charge in [-0.1, -0.05) is 35.9 Å². The van der Waals surface area contributed by atoms with Crippen molar-refractivity contribution in [2.24, 2.45) is 0 Å². The molecule has 1 N–H and O–H groups in total. The van der Waals surface area contributed by atoms with Crippen LogP contribution in [0.3, 0.4) is 0 Å². The van der Waals surface area contributed by atoms with Crippen molar-refractivity contribution in [3.8, 4) is 5.75 Å². The third kappa shape index (κ3) is 3.53. The Morgan fingerprint density at radius 2 is 2.00 bits per heavy atom. The summed E-state index contributed by atoms with van der Waals surface area (Å²) in [5, 5.41) is 4.17. The van der Waals surface area contributed by atoms with Crippen LogP contribution in [0, 0.1) is 6.92 Å². The Bertz CT molecular complexity index is 583. The maximum absolute atomic E-state index is 6.32. The molecule has 0 aliphatic heterocycles. The van der Waals surface area contributed by atoms with Crippen LogP contribution < -0.4 is 10.1 Å². The quantitative estimate of drug-likeness (QED) is 0.892. The molecule has 1 unspecified atom stereocenters. The Morgan fingerprint density at radius 1 is 1.20 bits per heavy atom. The molecule has 2 rings (SSSR count). The lowest BCUT2D eigenvalue weighted by Crippen LogP contribution is -2.19. The summed E-state index contributed by atoms with van der Waals surface area (Å²) in [6.45, 7) is 2.05. The van der Waals surface area contributed by atoms with E-state index in [-0.39, 0.29) is 6.04 Å². The van der Waals surface area contributed by atoms with Gasteiger partial charge in [-0.05, 0) is 55.3 Å². The fourth-order valence-electron chi connectivity index (χ4n) is 2.28. The number of benzene rings is 2. The van der Waals surface area contributed by atoms with Crippen LogP contribution >= 0.6 is 11.6 Å². The zero-order valence-corrected chi connectivity index (χ0v) is 12.9. The van der Waals surface area contributed by atoms with Crippen molar-refractivity contribution in [1.29, 1.82) is 0 Å². The minimum atomic E-state index is 0.213. The van der Waals surface area contributed by atoms with Crippen molar-refractivity contribution in [2.45, 2.75) is 19.4 Å². The third-order valence-corrected chi connectivity index (χ3v) is 3.83. The Hall–Kier alpha value is -1.51. The van der Waals surface area contributed by atoms with Gasteiger partial charge < -0.3 is 10.1 Å². The fraction of sp³-hybridized carbons (Fsp3) is 0.294. The van der Waals surface area contributed by atoms with Crippen molar-refractivity contribution in [3.63, 3.8) is 0 Å². The molecule has 0 aliphatic rings. The maximum Gasteiger partial charge on any atom is 0.119 e. The van der Waals surface area contributed by atoms with E-state index in [0.29, 0.717) is 0 Å². The van der Waals surface area contributed by atoms with Gasteiger partial charge in [0.25, 0.3) is 0 Å². The molecule has 0 aromatic heterocycles. The van der Waals surface area contributed by atoms with E-state index >= 15 is 0 Å². The van der Waals surface area contributed by atoms with Gasteiger partial charge in [-0.3, -0.25) is 0 Å². The summed E-state index contributed by atoms with van der Waals surface area (Å²) in [7, 11) is 3.65. The van der Waals surface area contributed by atoms with Crippen LogP contribution in [0.5, 0.6) is 5.75 Å². The molecule has 0 bridgehead atoms. The van der Waals surface area contributed by atoms with Crippen LogP contribution in [0.4, 0.5) is 0 Å². The molecule has 0 aliphatic carbocycles. The summed E-state index contributed by atoms with van der Waals surface area (Å²) in [6, 6.07) is 14.5. The Morgan fingerprint density at radius 3 is 2.65 bits per heavy atom. The molecule has 1 atom stereocenters. The van der Waals surface area contributed by atoms with Gasteiger partial charge in [0.1, 0.15) is 5.75 Å². The lowest BCUT2D eigenvalue weighted by atomic mass is 9.98. The number of hydrogen-bond acceptors (Lipinski definition) is 2. The van der Waals surface area contributed by atoms with Crippen molar-refractivity contribution in [2.75, 3.05) is 14.2 Å². The maximum atomic E-state index is 6.32. The van der Waals surface area contributed by atoms with Crippen LogP contribution in [0.25, 0.3) is 0 Å². The zero-order chi connectivity index (χ0) is 14.5. The highest BCUT2D eigenvalue weighted by Gasteiger charge is 2.13. The third-order valence-electron chi connectivity index (χ3n) is 3.48. The van der Waals surface area contributed by atoms with E-state index in [1.807, 2.05) is 32.2 Å². The van der Waals surface area contributed by atoms with Gasteiger partial charge in [-0.15, -0.1) is 0 Å². The second kappa shape index (κ2) is 6.78. The van der Waals surface area contributed by atoms with Crippen LogP contribution in [0.2, 0.25) is 5.02 Å². The first-order valence-corrected chi connectivity index (χ1v) is 7.08. The molecule has 2 nitrogen and oxygen atoms in total. The molecule has 0 fully saturated rings. The van der Waals surface area contributed by atoms with Crippen LogP contribution in [0.1, 0.15) is 22.7 Å². The molecule has 0 spiro atoms. The summed E-state index contributed by atoms with van der Waals surface area (Å²) in [5.41, 5.74) is 3.53. The number of aryl methyl sites for hydroxylation is 1. The molecule has 0 heterocycles. The number of ether oxygens (including phenoxy) is 1. The lowest BCUT2D eigenvalue weighted by molar-refractivity contribution is 0.413. The smallest absolute Gasteiger partial charge is 0.119 e. The normalized spacial score (nSPS) is 12.2. The molecular formula is C17H20ClNO. The number of rotatable bonds is 5. The SMILES string of the molecule is CNC(Cc1ccc(C)cc1Cl)c1cccc(OC)c1. The first-order chi connectivity index (χ1) is 9.63. The molecular weight excluding hydrogens is 270 g/mol. The summed E-state index contributed by atoms with van der Waals surface area (Å²) in [6.07, 6.45) is 0.850. The predicted octanol–water partition coefficient (Wildman–Crippen LogP) is 4.16. The number of nitrogens with one attached hydrogen (secondary N) is 1. The predicted molar refractivity (Wildman–Crippen MR) is 84.7 cm³/mol. The Labute approximate surface area is 125 Å². The first kappa shape index (κ1) is 14.9. The number of hydrogen-bond donors (Lipinski definition) is 1. The molecule has 3 heteroatoms. The molecule has 0 saturated heterocycles. The largest absolute Gasteiger partial charge is 0.497 e. The van der Waals surface area contributed by atoms with Gasteiger partial charge in [-0.25, -0.2) is 0 Å². The second-order valence-electron chi connectivity index (χ2n) is 4.92. The van der Waals surface area contributed by atoms with E-state index in [0.717, 1.165) is 22.8 Å². The van der Waals surface area contributed by atoms with E-state index in [4.69, 9.17) is 16.3 Å². The van der Waals surface area contributed by atoms with Gasteiger partial charge in [0.05, 0.1) is 7.11 Å². The summed E-state index contributed by atoms with van der Waals surface area (Å²) >= 11 is 6.32. The van der Waals surface area contributed by atoms with Crippen LogP contribution in [0.15, 0.2) is 42.5 Å². The molecule has 20 heavy (non-hydrogen) atoms. The molecule has 0 amide bonds. The minimum absolute atomic E-state index is 0.213. The van der Waals surface area contributed by atoms with Crippen LogP contribution in [-0.2, 0) is 6.42 Å². The average molecular weight is 290 g/mol. The monoisotopic (exact) mass is 289 g/mol. The fourth-order valence-corrected chi connectivity index (χ4v) is 2.59. The van der Waals surface area contributed by atoms with Gasteiger partial charge in [0, 0.05) is 11.1 Å². The van der Waals surface area contributed by atoms with E-state index in [1.54, 1.807) is 7.11 Å². The molecule has 0 saturated carbocycles. The Balaban J connectivity index is 2.23. The number of halogens is 1. The van der Waals surface area contributed by atoms with E-state index in [9.17, 15) is 0 Å². The topological polar surface area (TPSA) is 21.3 Å². The van der Waals surface area contributed by atoms with Gasteiger partial charge in [-0.2, -0.15) is 0 Å². The molecule has 106 valence electrons. The van der Waals surface area contributed by atoms with Gasteiger partial charge in [0.15, 0.2) is 0 Å². The van der Waals surface area contributed by atoms with Gasteiger partial charge >= 0.3 is 0 Å². The molecule has 2 aromatic rings. The van der Waals surface area contributed by atoms with Gasteiger partial charge in [0.2, 0.25) is 0 Å². The van der Waals surface area contributed by atoms with Crippen molar-refractivity contribution in [3.05, 3.63) is 64.2 Å². The van der Waals surface area contributed by atoms with Crippen LogP contribution in [-0.4, -0.2) is 14.2 Å². The number of methoxy groups -OCH3 is 1. The molecule has 0 radical (unpaired) electrons. The van der Waals surface area contributed by atoms with E-state index < -0.39 is 0 Å². The first-order valence-electron chi connectivity index (χ1n) is 6.70. The molecule has 2 aromatic carbocycles. The standard InChI is InChI=1S/C17H20ClNO/c1-12-7-8-13(16(18)9-12)11-17(19-2)14-5-4-6-15(10-14)20-3/h4-10,17,19H,11H2,1-3H3. The zero-order valence-electron chi connectivity index (χ0n) is 12.1. The van der Waals surface area contributed by atoms with Crippen molar-refractivity contribution < 1.29 is 4.74 Å². The minimum Gasteiger partial charge on any atom is -0.497 e. The average Bonchev–Trinajstić information content (AvgIpc) is 2.46. The van der Waals surface area contributed by atoms with E-state index in [2.05, 4.69) is 29.6 Å². The lowest BCUT2D eigenvalue weighted by Gasteiger charge is -2.18. The highest BCUT2D eigenvalue weighted by atomic mass is 35.5. The highest BCUT2D eigenvalue weighted by molar-refractivity contribution is 6.31. The highest BCUT2D eigenvalue weighted by Crippen LogP contribution is 2.26. The summed E-state index contributed by atoms with van der Waals surface area (Å²) in [4.78, 5) is 0. The Kier molecular flexibility index (Phi) is 5.05. The van der Waals surface area contributed by atoms with Crippen molar-refractivity contribution in [1.82, 2.24) is 5.32 Å². The summed E-state index contributed by atoms with van der Waals surface area (Å²) < 4.78 is 5.29.